The van der Waals surface area contributed by atoms with Crippen molar-refractivity contribution in [1.29, 1.82) is 5.26 Å². The lowest BCUT2D eigenvalue weighted by molar-refractivity contribution is -0.0618. The molecule has 0 saturated carbocycles. The van der Waals surface area contributed by atoms with Crippen molar-refractivity contribution >= 4 is 16.9 Å². The van der Waals surface area contributed by atoms with E-state index in [1.54, 1.807) is 35.0 Å². The molecule has 0 spiro atoms. The normalized spacial score (nSPS) is 14.1. The minimum atomic E-state index is -1.15. The van der Waals surface area contributed by atoms with Crippen LogP contribution in [0.4, 0.5) is 8.78 Å². The Hall–Kier alpha value is -5.54. The third-order valence-corrected chi connectivity index (χ3v) is 7.70. The molecule has 1 N–H and O–H groups in total. The molecule has 10 nitrogen and oxygen atoms in total. The lowest BCUT2D eigenvalue weighted by Gasteiger charge is -2.28. The minimum Gasteiger partial charge on any atom is -0.496 e. The average Bonchev–Trinajstić information content (AvgIpc) is 3.28. The maximum Gasteiger partial charge on any atom is 0.335 e. The first-order valence-electron chi connectivity index (χ1n) is 14.0. The molecular formula is C33H26F2N4O6. The van der Waals surface area contributed by atoms with Crippen molar-refractivity contribution in [3.8, 4) is 29.0 Å². The predicted octanol–water partition coefficient (Wildman–Crippen LogP) is 5.14. The van der Waals surface area contributed by atoms with Gasteiger partial charge in [-0.3, -0.25) is 9.48 Å². The van der Waals surface area contributed by atoms with E-state index in [0.717, 1.165) is 18.6 Å². The molecule has 228 valence electrons. The number of carboxylic acid groups (broad SMARTS) is 1. The number of nitriles is 1. The highest BCUT2D eigenvalue weighted by atomic mass is 19.1. The van der Waals surface area contributed by atoms with Crippen LogP contribution in [0.3, 0.4) is 0 Å². The Morgan fingerprint density at radius 2 is 1.91 bits per heavy atom. The maximum atomic E-state index is 15.6. The van der Waals surface area contributed by atoms with Gasteiger partial charge in [-0.15, -0.1) is 0 Å². The third-order valence-electron chi connectivity index (χ3n) is 7.70. The second-order valence-corrected chi connectivity index (χ2v) is 10.5. The van der Waals surface area contributed by atoms with E-state index in [1.165, 1.54) is 36.1 Å². The van der Waals surface area contributed by atoms with Crippen molar-refractivity contribution in [2.45, 2.75) is 32.2 Å². The number of rotatable bonds is 10. The van der Waals surface area contributed by atoms with Crippen molar-refractivity contribution in [3.63, 3.8) is 0 Å². The lowest BCUT2D eigenvalue weighted by atomic mass is 10.1. The van der Waals surface area contributed by atoms with Gasteiger partial charge in [-0.05, 0) is 55.0 Å². The summed E-state index contributed by atoms with van der Waals surface area (Å²) in [6.45, 7) is 0.577. The first-order valence-corrected chi connectivity index (χ1v) is 14.0. The van der Waals surface area contributed by atoms with Gasteiger partial charge in [-0.25, -0.2) is 23.2 Å². The molecule has 45 heavy (non-hydrogen) atoms. The number of pyridine rings is 1. The van der Waals surface area contributed by atoms with Gasteiger partial charge in [0.15, 0.2) is 0 Å². The molecule has 0 radical (unpaired) electrons. The number of methoxy groups -OCH3 is 1. The van der Waals surface area contributed by atoms with Gasteiger partial charge >= 0.3 is 5.97 Å². The number of benzene rings is 3. The number of halogens is 2. The lowest BCUT2D eigenvalue weighted by Crippen LogP contribution is -2.35. The van der Waals surface area contributed by atoms with Gasteiger partial charge in [0.2, 0.25) is 5.88 Å². The molecule has 0 bridgehead atoms. The molecule has 5 aromatic rings. The summed E-state index contributed by atoms with van der Waals surface area (Å²) < 4.78 is 50.6. The molecule has 1 aliphatic rings. The monoisotopic (exact) mass is 612 g/mol. The smallest absolute Gasteiger partial charge is 0.335 e. The van der Waals surface area contributed by atoms with E-state index in [9.17, 15) is 14.7 Å². The van der Waals surface area contributed by atoms with Crippen LogP contribution in [0, 0.1) is 23.0 Å². The Bertz CT molecular complexity index is 2040. The molecule has 12 heteroatoms. The highest BCUT2D eigenvalue weighted by Gasteiger charge is 2.24. The highest BCUT2D eigenvalue weighted by Crippen LogP contribution is 2.28. The van der Waals surface area contributed by atoms with E-state index >= 15 is 8.78 Å². The number of ether oxygens (including phenoxy) is 3. The standard InChI is InChI=1S/C33H26F2N4O6/c1-43-30-11-19(15-36)5-6-21(30)18-45-31-4-2-3-28(37-31)25-14-26(34)22(12-27(25)35)16-39-32(40)24-8-7-20(33(41)42)13-29(24)38(39)17-23-9-10-44-23/h2-8,11-14,23H,9-10,16-18H2,1H3,(H,41,42). The Balaban J connectivity index is 1.29. The summed E-state index contributed by atoms with van der Waals surface area (Å²) in [4.78, 5) is 29.3. The van der Waals surface area contributed by atoms with Crippen LogP contribution in [0.25, 0.3) is 22.2 Å². The molecule has 2 aromatic heterocycles. The van der Waals surface area contributed by atoms with Crippen LogP contribution >= 0.6 is 0 Å². The van der Waals surface area contributed by atoms with E-state index < -0.39 is 23.2 Å². The zero-order valence-electron chi connectivity index (χ0n) is 24.0. The molecular weight excluding hydrogens is 586 g/mol. The molecule has 1 saturated heterocycles. The molecule has 1 fully saturated rings. The Labute approximate surface area is 255 Å². The zero-order valence-corrected chi connectivity index (χ0v) is 24.0. The molecule has 1 unspecified atom stereocenters. The quantitative estimate of drug-likeness (QED) is 0.230. The SMILES string of the molecule is COc1cc(C#N)ccc1COc1cccc(-c2cc(F)c(Cn3c(=O)c4ccc(C(=O)O)cc4n3CC3CCO3)cc2F)n1. The largest absolute Gasteiger partial charge is 0.496 e. The number of hydrogen-bond donors (Lipinski definition) is 1. The number of aromatic carboxylic acids is 1. The van der Waals surface area contributed by atoms with Crippen LogP contribution in [0.5, 0.6) is 11.6 Å². The first-order chi connectivity index (χ1) is 21.7. The van der Waals surface area contributed by atoms with Gasteiger partial charge in [-0.2, -0.15) is 5.26 Å². The van der Waals surface area contributed by atoms with Gasteiger partial charge in [0.1, 0.15) is 24.0 Å². The second-order valence-electron chi connectivity index (χ2n) is 10.5. The van der Waals surface area contributed by atoms with E-state index in [0.29, 0.717) is 29.0 Å². The van der Waals surface area contributed by atoms with Crippen LogP contribution < -0.4 is 15.0 Å². The van der Waals surface area contributed by atoms with Crippen molar-refractivity contribution in [1.82, 2.24) is 14.3 Å². The van der Waals surface area contributed by atoms with Gasteiger partial charge in [0.25, 0.3) is 5.56 Å². The van der Waals surface area contributed by atoms with Crippen LogP contribution in [-0.2, 0) is 24.4 Å². The van der Waals surface area contributed by atoms with Gasteiger partial charge in [0.05, 0.1) is 60.1 Å². The van der Waals surface area contributed by atoms with Crippen LogP contribution in [0.15, 0.2) is 71.5 Å². The van der Waals surface area contributed by atoms with E-state index in [1.807, 2.05) is 6.07 Å². The minimum absolute atomic E-state index is 0.000688. The van der Waals surface area contributed by atoms with Crippen molar-refractivity contribution in [2.75, 3.05) is 13.7 Å². The van der Waals surface area contributed by atoms with Crippen molar-refractivity contribution in [2.24, 2.45) is 0 Å². The third kappa shape index (κ3) is 5.85. The molecule has 6 rings (SSSR count). The molecule has 1 aliphatic heterocycles. The number of fused-ring (bicyclic) bond motifs is 1. The molecule has 1 atom stereocenters. The summed E-state index contributed by atoms with van der Waals surface area (Å²) in [5.41, 5.74) is 0.971. The fourth-order valence-corrected chi connectivity index (χ4v) is 5.21. The Morgan fingerprint density at radius 3 is 2.62 bits per heavy atom. The Kier molecular flexibility index (Phi) is 8.02. The van der Waals surface area contributed by atoms with Gasteiger partial charge in [0, 0.05) is 29.4 Å². The zero-order chi connectivity index (χ0) is 31.7. The highest BCUT2D eigenvalue weighted by molar-refractivity contribution is 5.93. The number of nitrogens with zero attached hydrogens (tertiary/aromatic N) is 4. The maximum absolute atomic E-state index is 15.6. The predicted molar refractivity (Wildman–Crippen MR) is 158 cm³/mol. The topological polar surface area (TPSA) is 129 Å². The summed E-state index contributed by atoms with van der Waals surface area (Å²) in [6, 6.07) is 17.9. The number of hydrogen-bond acceptors (Lipinski definition) is 7. The average molecular weight is 613 g/mol. The summed E-state index contributed by atoms with van der Waals surface area (Å²) in [5, 5.41) is 18.8. The fraction of sp³-hybridized carbons (Fsp3) is 0.212. The summed E-state index contributed by atoms with van der Waals surface area (Å²) in [6.07, 6.45) is 0.559. The van der Waals surface area contributed by atoms with Crippen LogP contribution in [0.2, 0.25) is 0 Å². The Morgan fingerprint density at radius 1 is 1.09 bits per heavy atom. The van der Waals surface area contributed by atoms with Crippen LogP contribution in [-0.4, -0.2) is 45.2 Å². The molecule has 3 aromatic carbocycles. The molecule has 0 amide bonds. The summed E-state index contributed by atoms with van der Waals surface area (Å²) in [7, 11) is 1.48. The summed E-state index contributed by atoms with van der Waals surface area (Å²) >= 11 is 0. The number of carbonyl (C=O) groups is 1. The van der Waals surface area contributed by atoms with Gasteiger partial charge < -0.3 is 19.3 Å². The van der Waals surface area contributed by atoms with E-state index in [4.69, 9.17) is 19.5 Å². The second kappa shape index (κ2) is 12.2. The number of carboxylic acids is 1. The number of aromatic nitrogens is 3. The van der Waals surface area contributed by atoms with E-state index in [-0.39, 0.29) is 59.5 Å². The van der Waals surface area contributed by atoms with Crippen molar-refractivity contribution in [3.05, 3.63) is 111 Å². The molecule has 3 heterocycles. The van der Waals surface area contributed by atoms with Crippen LogP contribution in [0.1, 0.15) is 33.5 Å². The van der Waals surface area contributed by atoms with Gasteiger partial charge in [-0.1, -0.05) is 12.1 Å². The first kappa shape index (κ1) is 29.5. The van der Waals surface area contributed by atoms with Crippen molar-refractivity contribution < 1.29 is 32.9 Å². The van der Waals surface area contributed by atoms with E-state index in [2.05, 4.69) is 4.98 Å². The fourth-order valence-electron chi connectivity index (χ4n) is 5.21. The summed E-state index contributed by atoms with van der Waals surface area (Å²) in [5.74, 6) is -2.02. The molecule has 0 aliphatic carbocycles.